The van der Waals surface area contributed by atoms with E-state index in [2.05, 4.69) is 0 Å². The van der Waals surface area contributed by atoms with Crippen LogP contribution in [-0.4, -0.2) is 46.9 Å². The molecule has 3 aromatic carbocycles. The van der Waals surface area contributed by atoms with E-state index in [4.69, 9.17) is 14.6 Å². The molecule has 0 aliphatic carbocycles. The van der Waals surface area contributed by atoms with E-state index in [1.807, 2.05) is 0 Å². The van der Waals surface area contributed by atoms with Crippen LogP contribution in [0.5, 0.6) is 11.5 Å². The minimum Gasteiger partial charge on any atom is -0.496 e. The maximum Gasteiger partial charge on any atom is 0.416 e. The van der Waals surface area contributed by atoms with Gasteiger partial charge in [-0.2, -0.15) is 39.5 Å². The van der Waals surface area contributed by atoms with E-state index in [1.54, 1.807) is 20.8 Å². The Morgan fingerprint density at radius 3 is 1.81 bits per heavy atom. The van der Waals surface area contributed by atoms with Gasteiger partial charge in [-0.1, -0.05) is 6.07 Å². The van der Waals surface area contributed by atoms with Gasteiger partial charge < -0.3 is 19.7 Å². The Morgan fingerprint density at radius 2 is 1.34 bits per heavy atom. The van der Waals surface area contributed by atoms with E-state index < -0.39 is 71.5 Å². The molecule has 47 heavy (non-hydrogen) atoms. The topological polar surface area (TPSA) is 79.2 Å². The lowest BCUT2D eigenvalue weighted by atomic mass is 9.93. The average molecular weight is 682 g/mol. The van der Waals surface area contributed by atoms with Crippen LogP contribution >= 0.6 is 0 Å². The number of alkyl halides is 9. The molecule has 0 saturated heterocycles. The Kier molecular flexibility index (Phi) is 11.2. The molecule has 0 aliphatic heterocycles. The summed E-state index contributed by atoms with van der Waals surface area (Å²) in [6.07, 6.45) is -17.0. The molecule has 0 spiro atoms. The van der Waals surface area contributed by atoms with Gasteiger partial charge in [-0.05, 0) is 92.4 Å². The van der Waals surface area contributed by atoms with Gasteiger partial charge in [0.1, 0.15) is 11.5 Å². The molecule has 0 saturated carbocycles. The quantitative estimate of drug-likeness (QED) is 0.198. The van der Waals surface area contributed by atoms with Gasteiger partial charge in [-0.3, -0.25) is 4.90 Å². The lowest BCUT2D eigenvalue weighted by molar-refractivity contribution is -0.143. The van der Waals surface area contributed by atoms with Crippen LogP contribution in [0, 0.1) is 6.92 Å². The summed E-state index contributed by atoms with van der Waals surface area (Å²) in [6, 6.07) is 4.63. The number of ether oxygens (including phenoxy) is 2. The number of halogens is 9. The molecule has 0 aromatic heterocycles. The monoisotopic (exact) mass is 681 g/mol. The zero-order chi connectivity index (χ0) is 35.6. The van der Waals surface area contributed by atoms with Crippen molar-refractivity contribution in [2.75, 3.05) is 13.7 Å². The molecule has 0 aliphatic rings. The Labute approximate surface area is 264 Å². The summed E-state index contributed by atoms with van der Waals surface area (Å²) < 4.78 is 134. The highest BCUT2D eigenvalue weighted by Gasteiger charge is 2.39. The lowest BCUT2D eigenvalue weighted by Crippen LogP contribution is -2.42. The number of hydrogen-bond acceptors (Lipinski definition) is 5. The van der Waals surface area contributed by atoms with Crippen molar-refractivity contribution >= 4 is 5.97 Å². The predicted molar refractivity (Wildman–Crippen MR) is 153 cm³/mol. The third-order valence-corrected chi connectivity index (χ3v) is 7.52. The number of hydrogen-bond donors (Lipinski definition) is 2. The molecule has 3 aromatic rings. The molecule has 258 valence electrons. The number of carbonyl (C=O) groups is 1. The van der Waals surface area contributed by atoms with E-state index in [1.165, 1.54) is 31.1 Å². The first kappa shape index (κ1) is 37.5. The second-order valence-corrected chi connectivity index (χ2v) is 11.2. The van der Waals surface area contributed by atoms with Crippen molar-refractivity contribution in [2.24, 2.45) is 0 Å². The fraction of sp³-hybridized carbons (Fsp3) is 0.406. The minimum absolute atomic E-state index is 0.0129. The van der Waals surface area contributed by atoms with E-state index in [9.17, 15) is 49.4 Å². The Balaban J connectivity index is 2.18. The van der Waals surface area contributed by atoms with E-state index in [-0.39, 0.29) is 40.8 Å². The van der Waals surface area contributed by atoms with Gasteiger partial charge in [0.25, 0.3) is 0 Å². The standard InChI is InChI=1S/C32H32F9NO5/c1-16(2)42(18(4)29(45)19-9-22(31(36,37)38)12-23(10-19)32(39,40)41)14-20-11-21(30(33,34)35)6-7-24(20)25-13-26(47-15-28(43)44)17(3)8-27(25)46-5/h6-13,16,18,29,45H,14-15H2,1-5H3,(H,43,44)/t18-,29-/m0/s1. The van der Waals surface area contributed by atoms with Crippen LogP contribution in [0.1, 0.15) is 60.3 Å². The summed E-state index contributed by atoms with van der Waals surface area (Å²) in [7, 11) is 1.31. The zero-order valence-corrected chi connectivity index (χ0v) is 25.7. The van der Waals surface area contributed by atoms with Gasteiger partial charge in [0, 0.05) is 24.2 Å². The highest BCUT2D eigenvalue weighted by Crippen LogP contribution is 2.42. The number of carboxylic acids is 1. The Morgan fingerprint density at radius 1 is 0.787 bits per heavy atom. The summed E-state index contributed by atoms with van der Waals surface area (Å²) >= 11 is 0. The molecular weight excluding hydrogens is 649 g/mol. The molecule has 0 radical (unpaired) electrons. The summed E-state index contributed by atoms with van der Waals surface area (Å²) in [5.74, 6) is -0.984. The number of benzene rings is 3. The molecular formula is C32H32F9NO5. The number of aliphatic hydroxyl groups is 1. The second-order valence-electron chi connectivity index (χ2n) is 11.2. The fourth-order valence-corrected chi connectivity index (χ4v) is 5.10. The summed E-state index contributed by atoms with van der Waals surface area (Å²) in [5.41, 5.74) is -4.12. The smallest absolute Gasteiger partial charge is 0.416 e. The maximum atomic E-state index is 13.9. The highest BCUT2D eigenvalue weighted by atomic mass is 19.4. The molecule has 2 N–H and O–H groups in total. The van der Waals surface area contributed by atoms with Crippen LogP contribution in [0.15, 0.2) is 48.5 Å². The molecule has 0 fully saturated rings. The number of aliphatic hydroxyl groups excluding tert-OH is 1. The van der Waals surface area contributed by atoms with Crippen molar-refractivity contribution in [3.63, 3.8) is 0 Å². The first-order chi connectivity index (χ1) is 21.5. The number of methoxy groups -OCH3 is 1. The van der Waals surface area contributed by atoms with Crippen molar-refractivity contribution in [1.29, 1.82) is 0 Å². The lowest BCUT2D eigenvalue weighted by Gasteiger charge is -2.36. The largest absolute Gasteiger partial charge is 0.496 e. The van der Waals surface area contributed by atoms with Gasteiger partial charge in [-0.25, -0.2) is 4.79 Å². The molecule has 15 heteroatoms. The number of aliphatic carboxylic acids is 1. The third kappa shape index (κ3) is 9.10. The van der Waals surface area contributed by atoms with Gasteiger partial charge in [0.05, 0.1) is 29.9 Å². The van der Waals surface area contributed by atoms with Crippen molar-refractivity contribution in [2.45, 2.75) is 71.0 Å². The van der Waals surface area contributed by atoms with Crippen molar-refractivity contribution in [1.82, 2.24) is 4.90 Å². The van der Waals surface area contributed by atoms with Gasteiger partial charge in [0.15, 0.2) is 6.61 Å². The summed E-state index contributed by atoms with van der Waals surface area (Å²) in [5, 5.41) is 20.2. The first-order valence-electron chi connectivity index (χ1n) is 14.0. The van der Waals surface area contributed by atoms with Crippen LogP contribution in [0.4, 0.5) is 39.5 Å². The normalized spacial score (nSPS) is 14.0. The molecule has 0 heterocycles. The summed E-state index contributed by atoms with van der Waals surface area (Å²) in [6.45, 7) is 5.04. The Bertz CT molecular complexity index is 1550. The third-order valence-electron chi connectivity index (χ3n) is 7.52. The summed E-state index contributed by atoms with van der Waals surface area (Å²) in [4.78, 5) is 12.5. The number of rotatable bonds is 11. The predicted octanol–water partition coefficient (Wildman–Crippen LogP) is 8.52. The number of carboxylic acid groups (broad SMARTS) is 1. The zero-order valence-electron chi connectivity index (χ0n) is 25.7. The molecule has 0 bridgehead atoms. The molecule has 0 unspecified atom stereocenters. The average Bonchev–Trinajstić information content (AvgIpc) is 2.96. The van der Waals surface area contributed by atoms with Crippen molar-refractivity contribution in [3.05, 3.63) is 81.9 Å². The van der Waals surface area contributed by atoms with Crippen molar-refractivity contribution < 1.29 is 64.0 Å². The van der Waals surface area contributed by atoms with Crippen LogP contribution < -0.4 is 9.47 Å². The van der Waals surface area contributed by atoms with Crippen molar-refractivity contribution in [3.8, 4) is 22.6 Å². The van der Waals surface area contributed by atoms with Gasteiger partial charge in [0.2, 0.25) is 0 Å². The van der Waals surface area contributed by atoms with Gasteiger partial charge >= 0.3 is 24.5 Å². The molecule has 0 amide bonds. The molecule has 6 nitrogen and oxygen atoms in total. The molecule has 3 rings (SSSR count). The number of aryl methyl sites for hydroxylation is 1. The minimum atomic E-state index is -5.16. The van der Waals surface area contributed by atoms with Crippen LogP contribution in [-0.2, 0) is 29.9 Å². The highest BCUT2D eigenvalue weighted by molar-refractivity contribution is 5.76. The second kappa shape index (κ2) is 14.0. The van der Waals surface area contributed by atoms with Gasteiger partial charge in [-0.15, -0.1) is 0 Å². The van der Waals surface area contributed by atoms with E-state index in [0.717, 1.165) is 18.2 Å². The van der Waals surface area contributed by atoms with Crippen LogP contribution in [0.25, 0.3) is 11.1 Å². The SMILES string of the molecule is COc1cc(C)c(OCC(=O)O)cc1-c1ccc(C(F)(F)F)cc1CN(C(C)C)[C@@H](C)[C@H](O)c1cc(C(F)(F)F)cc(C(F)(F)F)c1. The maximum absolute atomic E-state index is 13.9. The first-order valence-corrected chi connectivity index (χ1v) is 14.0. The Hall–Kier alpha value is -3.98. The molecule has 2 atom stereocenters. The fourth-order valence-electron chi connectivity index (χ4n) is 5.10. The van der Waals surface area contributed by atoms with E-state index in [0.29, 0.717) is 17.7 Å². The number of nitrogens with zero attached hydrogens (tertiary/aromatic N) is 1. The van der Waals surface area contributed by atoms with E-state index >= 15 is 0 Å². The van der Waals surface area contributed by atoms with Crippen LogP contribution in [0.3, 0.4) is 0 Å². The van der Waals surface area contributed by atoms with Crippen LogP contribution in [0.2, 0.25) is 0 Å².